The van der Waals surface area contributed by atoms with Crippen molar-refractivity contribution in [1.82, 2.24) is 5.32 Å². The molecule has 0 aromatic heterocycles. The highest BCUT2D eigenvalue weighted by Gasteiger charge is 2.45. The molecule has 0 aromatic carbocycles. The normalized spacial score (nSPS) is 25.5. The van der Waals surface area contributed by atoms with Crippen LogP contribution < -0.4 is 5.32 Å². The van der Waals surface area contributed by atoms with Gasteiger partial charge in [0.05, 0.1) is 0 Å². The number of nitrogens with one attached hydrogen (secondary N) is 1. The van der Waals surface area contributed by atoms with Crippen molar-refractivity contribution in [1.29, 1.82) is 0 Å². The molecule has 1 saturated carbocycles. The Balaban J connectivity index is 2.08. The summed E-state index contributed by atoms with van der Waals surface area (Å²) in [6.45, 7) is 2.74. The van der Waals surface area contributed by atoms with Gasteiger partial charge in [0.15, 0.2) is 0 Å². The minimum Gasteiger partial charge on any atom is -0.480 e. The molecule has 1 amide bonds. The van der Waals surface area contributed by atoms with Crippen molar-refractivity contribution >= 4 is 11.9 Å². The number of ether oxygens (including phenoxy) is 1. The Bertz CT molecular complexity index is 354. The topological polar surface area (TPSA) is 75.6 Å². The highest BCUT2D eigenvalue weighted by molar-refractivity contribution is 5.90. The maximum Gasteiger partial charge on any atom is 0.329 e. The molecule has 1 aliphatic heterocycles. The molecule has 1 heterocycles. The van der Waals surface area contributed by atoms with Crippen molar-refractivity contribution in [3.05, 3.63) is 0 Å². The van der Waals surface area contributed by atoms with Gasteiger partial charge in [-0.3, -0.25) is 4.79 Å². The predicted octanol–water partition coefficient (Wildman–Crippen LogP) is 1.71. The maximum atomic E-state index is 12.5. The summed E-state index contributed by atoms with van der Waals surface area (Å²) in [5.41, 5.74) is -1.53. The third-order valence-corrected chi connectivity index (χ3v) is 4.61. The zero-order valence-electron chi connectivity index (χ0n) is 11.5. The Morgan fingerprint density at radius 1 is 1.05 bits per heavy atom. The van der Waals surface area contributed by atoms with E-state index in [2.05, 4.69) is 5.32 Å². The van der Waals surface area contributed by atoms with Gasteiger partial charge < -0.3 is 15.2 Å². The van der Waals surface area contributed by atoms with Crippen molar-refractivity contribution in [3.8, 4) is 0 Å². The zero-order valence-corrected chi connectivity index (χ0v) is 11.5. The highest BCUT2D eigenvalue weighted by Crippen LogP contribution is 2.37. The van der Waals surface area contributed by atoms with E-state index in [1.165, 1.54) is 6.42 Å². The molecule has 2 fully saturated rings. The van der Waals surface area contributed by atoms with Crippen molar-refractivity contribution in [2.75, 3.05) is 13.2 Å². The number of aliphatic carboxylic acids is 1. The number of hydrogen-bond donors (Lipinski definition) is 2. The molecule has 0 atom stereocenters. The Morgan fingerprint density at radius 3 is 2.16 bits per heavy atom. The lowest BCUT2D eigenvalue weighted by Gasteiger charge is -2.39. The zero-order chi connectivity index (χ0) is 13.9. The Morgan fingerprint density at radius 2 is 1.63 bits per heavy atom. The van der Waals surface area contributed by atoms with Crippen LogP contribution in [0.15, 0.2) is 0 Å². The van der Waals surface area contributed by atoms with Crippen LogP contribution in [0.1, 0.15) is 51.9 Å². The van der Waals surface area contributed by atoms with Gasteiger partial charge in [-0.05, 0) is 12.8 Å². The van der Waals surface area contributed by atoms with Crippen molar-refractivity contribution in [2.24, 2.45) is 5.41 Å². The molecule has 2 rings (SSSR count). The quantitative estimate of drug-likeness (QED) is 0.817. The lowest BCUT2D eigenvalue weighted by Crippen LogP contribution is -2.60. The van der Waals surface area contributed by atoms with Crippen molar-refractivity contribution < 1.29 is 19.4 Å². The van der Waals surface area contributed by atoms with Crippen LogP contribution in [0.5, 0.6) is 0 Å². The minimum absolute atomic E-state index is 0.100. The smallest absolute Gasteiger partial charge is 0.329 e. The number of carbonyl (C=O) groups is 2. The maximum absolute atomic E-state index is 12.5. The molecule has 0 radical (unpaired) electrons. The molecule has 0 aromatic rings. The second-order valence-electron chi connectivity index (χ2n) is 6.08. The van der Waals surface area contributed by atoms with Gasteiger partial charge in [-0.15, -0.1) is 0 Å². The molecule has 5 nitrogen and oxygen atoms in total. The summed E-state index contributed by atoms with van der Waals surface area (Å²) in [6.07, 6.45) is 5.67. The summed E-state index contributed by atoms with van der Waals surface area (Å²) in [5, 5.41) is 12.3. The summed E-state index contributed by atoms with van der Waals surface area (Å²) in [6, 6.07) is 0. The standard InChI is InChI=1S/C14H23NO4/c1-13(5-3-2-4-6-13)11(16)15-14(12(17)18)7-9-19-10-8-14/h2-10H2,1H3,(H,15,16)(H,17,18). The van der Waals surface area contributed by atoms with Gasteiger partial charge in [-0.2, -0.15) is 0 Å². The van der Waals surface area contributed by atoms with E-state index in [-0.39, 0.29) is 5.91 Å². The third kappa shape index (κ3) is 2.91. The fraction of sp³-hybridized carbons (Fsp3) is 0.857. The van der Waals surface area contributed by atoms with E-state index in [4.69, 9.17) is 4.74 Å². The molecule has 5 heteroatoms. The first kappa shape index (κ1) is 14.3. The lowest BCUT2D eigenvalue weighted by molar-refractivity contribution is -0.154. The van der Waals surface area contributed by atoms with Crippen LogP contribution >= 0.6 is 0 Å². The largest absolute Gasteiger partial charge is 0.480 e. The van der Waals surface area contributed by atoms with Crippen LogP contribution in [0, 0.1) is 5.41 Å². The molecular weight excluding hydrogens is 246 g/mol. The van der Waals surface area contributed by atoms with E-state index in [0.717, 1.165) is 25.7 Å². The number of carboxylic acid groups (broad SMARTS) is 1. The summed E-state index contributed by atoms with van der Waals surface area (Å²) >= 11 is 0. The number of hydrogen-bond acceptors (Lipinski definition) is 3. The second kappa shape index (κ2) is 5.49. The van der Waals surface area contributed by atoms with Gasteiger partial charge in [0.1, 0.15) is 5.54 Å². The molecule has 0 spiro atoms. The Labute approximate surface area is 113 Å². The summed E-state index contributed by atoms with van der Waals surface area (Å²) in [5.74, 6) is -1.04. The van der Waals surface area contributed by atoms with Crippen LogP contribution in [0.3, 0.4) is 0 Å². The molecule has 1 saturated heterocycles. The highest BCUT2D eigenvalue weighted by atomic mass is 16.5. The van der Waals surface area contributed by atoms with Crippen LogP contribution in [0.4, 0.5) is 0 Å². The van der Waals surface area contributed by atoms with E-state index >= 15 is 0 Å². The van der Waals surface area contributed by atoms with E-state index in [1.54, 1.807) is 0 Å². The molecule has 0 bridgehead atoms. The first-order valence-corrected chi connectivity index (χ1v) is 7.12. The van der Waals surface area contributed by atoms with Gasteiger partial charge in [0.2, 0.25) is 5.91 Å². The SMILES string of the molecule is CC1(C(=O)NC2(C(=O)O)CCOCC2)CCCCC1. The average molecular weight is 269 g/mol. The van der Waals surface area contributed by atoms with Crippen LogP contribution in [-0.2, 0) is 14.3 Å². The third-order valence-electron chi connectivity index (χ3n) is 4.61. The van der Waals surface area contributed by atoms with E-state index < -0.39 is 16.9 Å². The van der Waals surface area contributed by atoms with Crippen LogP contribution in [0.2, 0.25) is 0 Å². The molecule has 108 valence electrons. The molecular formula is C14H23NO4. The number of carbonyl (C=O) groups excluding carboxylic acids is 1. The van der Waals surface area contributed by atoms with Gasteiger partial charge in [-0.1, -0.05) is 26.2 Å². The monoisotopic (exact) mass is 269 g/mol. The second-order valence-corrected chi connectivity index (χ2v) is 6.08. The number of carboxylic acids is 1. The molecule has 0 unspecified atom stereocenters. The fourth-order valence-electron chi connectivity index (χ4n) is 3.04. The average Bonchev–Trinajstić information content (AvgIpc) is 2.40. The van der Waals surface area contributed by atoms with Gasteiger partial charge >= 0.3 is 5.97 Å². The van der Waals surface area contributed by atoms with Crippen molar-refractivity contribution in [3.63, 3.8) is 0 Å². The Kier molecular flexibility index (Phi) is 4.13. The molecule has 2 aliphatic rings. The minimum atomic E-state index is -1.13. The molecule has 2 N–H and O–H groups in total. The fourth-order valence-corrected chi connectivity index (χ4v) is 3.04. The van der Waals surface area contributed by atoms with Gasteiger partial charge in [-0.25, -0.2) is 4.79 Å². The van der Waals surface area contributed by atoms with E-state index in [9.17, 15) is 14.7 Å². The summed E-state index contributed by atoms with van der Waals surface area (Å²) in [4.78, 5) is 24.0. The van der Waals surface area contributed by atoms with Crippen LogP contribution in [-0.4, -0.2) is 35.7 Å². The Hall–Kier alpha value is -1.10. The molecule has 1 aliphatic carbocycles. The predicted molar refractivity (Wildman–Crippen MR) is 69.8 cm³/mol. The van der Waals surface area contributed by atoms with Gasteiger partial charge in [0.25, 0.3) is 0 Å². The van der Waals surface area contributed by atoms with E-state index in [1.807, 2.05) is 6.92 Å². The number of rotatable bonds is 3. The van der Waals surface area contributed by atoms with Crippen molar-refractivity contribution in [2.45, 2.75) is 57.4 Å². The van der Waals surface area contributed by atoms with Gasteiger partial charge in [0, 0.05) is 31.5 Å². The first-order chi connectivity index (χ1) is 8.99. The summed E-state index contributed by atoms with van der Waals surface area (Å²) < 4.78 is 5.21. The lowest BCUT2D eigenvalue weighted by atomic mass is 9.74. The molecule has 19 heavy (non-hydrogen) atoms. The van der Waals surface area contributed by atoms with E-state index in [0.29, 0.717) is 26.1 Å². The summed E-state index contributed by atoms with van der Waals surface area (Å²) in [7, 11) is 0. The first-order valence-electron chi connectivity index (χ1n) is 7.12. The number of amides is 1. The van der Waals surface area contributed by atoms with Crippen LogP contribution in [0.25, 0.3) is 0 Å².